The third-order valence-electron chi connectivity index (χ3n) is 14.9. The Hall–Kier alpha value is -7.36. The zero-order chi connectivity index (χ0) is 69.4. The minimum atomic E-state index is -1.56. The number of guanidine groups is 3. The molecule has 32 nitrogen and oxygen atoms in total. The maximum atomic E-state index is 14.6. The molecular formula is C57H106N20O12S2. The number of aliphatic imine (C=N–C) groups is 3. The number of nitrogens with two attached hydrogens (primary N) is 7. The molecule has 0 aromatic carbocycles. The maximum Gasteiger partial charge on any atom is 0.326 e. The zero-order valence-electron chi connectivity index (χ0n) is 54.9. The van der Waals surface area contributed by atoms with Crippen molar-refractivity contribution in [2.45, 2.75) is 207 Å². The lowest BCUT2D eigenvalue weighted by Crippen LogP contribution is -2.63. The van der Waals surface area contributed by atoms with Crippen LogP contribution in [0.1, 0.15) is 141 Å². The fourth-order valence-electron chi connectivity index (χ4n) is 9.11. The molecule has 0 aliphatic carbocycles. The van der Waals surface area contributed by atoms with Crippen LogP contribution in [-0.4, -0.2) is 186 Å². The Labute approximate surface area is 542 Å². The van der Waals surface area contributed by atoms with Crippen molar-refractivity contribution < 1.29 is 57.8 Å². The van der Waals surface area contributed by atoms with Crippen LogP contribution in [0.3, 0.4) is 0 Å². The van der Waals surface area contributed by atoms with E-state index >= 15 is 0 Å². The average molecular weight is 1330 g/mol. The number of aliphatic carboxylic acids is 1. The van der Waals surface area contributed by atoms with Crippen LogP contribution in [0.4, 0.5) is 0 Å². The summed E-state index contributed by atoms with van der Waals surface area (Å²) in [6, 6.07) is -15.0. The number of hydrogen-bond donors (Lipinski definition) is 18. The van der Waals surface area contributed by atoms with E-state index in [1.807, 2.05) is 13.8 Å². The second kappa shape index (κ2) is 41.9. The first-order chi connectivity index (χ1) is 42.6. The zero-order valence-corrected chi connectivity index (χ0v) is 56.5. The van der Waals surface area contributed by atoms with Gasteiger partial charge in [0.25, 0.3) is 0 Å². The quantitative estimate of drug-likeness (QED) is 0.0177. The van der Waals surface area contributed by atoms with Crippen molar-refractivity contribution >= 4 is 105 Å². The number of carboxylic acids is 1. The van der Waals surface area contributed by atoms with E-state index in [1.165, 1.54) is 0 Å². The van der Waals surface area contributed by atoms with Gasteiger partial charge in [0.2, 0.25) is 59.1 Å². The third kappa shape index (κ3) is 30.5. The number of nitrogens with one attached hydrogen (secondary N) is 10. The molecule has 0 aromatic rings. The topological polar surface area (TPSA) is 548 Å². The highest BCUT2D eigenvalue weighted by Crippen LogP contribution is 2.24. The summed E-state index contributed by atoms with van der Waals surface area (Å²) in [4.78, 5) is 169. The van der Waals surface area contributed by atoms with Gasteiger partial charge in [0, 0.05) is 31.1 Å². The monoisotopic (exact) mass is 1330 g/mol. The van der Waals surface area contributed by atoms with Crippen LogP contribution < -0.4 is 93.3 Å². The van der Waals surface area contributed by atoms with E-state index in [0.717, 1.165) is 21.6 Å². The SMILES string of the molecule is CC[C@H](C)C1NC(=O)[C@H](C(C)C)NC(=O)C(C(C)C)NC(=O)[C@H]([C@@H](C)CC)NC(=O)C(CCCN=C(N)N)NC(=O)[C@@H](NC(=O)[C@@H](N)CC(C)C)CSSCC(C(=O)N[C@@H](CCCN=C(N)N)C(=O)O)NC(=O)C(C(C)C)NC(=O)[C@H](CCCN=C(N)N)NC1=O. The molecule has 1 aliphatic rings. The average Bonchev–Trinajstić information content (AvgIpc) is 1.21. The van der Waals surface area contributed by atoms with E-state index < -0.39 is 161 Å². The van der Waals surface area contributed by atoms with E-state index in [2.05, 4.69) is 68.1 Å². The number of amides is 10. The van der Waals surface area contributed by atoms with Gasteiger partial charge in [0.15, 0.2) is 17.9 Å². The van der Waals surface area contributed by atoms with Crippen LogP contribution in [0.25, 0.3) is 0 Å². The van der Waals surface area contributed by atoms with Crippen molar-refractivity contribution in [2.75, 3.05) is 31.1 Å². The molecule has 13 atom stereocenters. The van der Waals surface area contributed by atoms with E-state index in [1.54, 1.807) is 69.2 Å². The minimum absolute atomic E-state index is 0.0170. The molecule has 1 fully saturated rings. The Balaban J connectivity index is 4.35. The molecule has 1 saturated heterocycles. The van der Waals surface area contributed by atoms with Gasteiger partial charge in [0.05, 0.1) is 6.04 Å². The normalized spacial score (nSPS) is 23.9. The number of hydrogen-bond acceptors (Lipinski definition) is 17. The Bertz CT molecular complexity index is 2510. The summed E-state index contributed by atoms with van der Waals surface area (Å²) in [5.41, 5.74) is 39.5. The summed E-state index contributed by atoms with van der Waals surface area (Å²) in [6.45, 7) is 20.5. The highest BCUT2D eigenvalue weighted by atomic mass is 33.1. The molecule has 0 saturated carbocycles. The Kier molecular flexibility index (Phi) is 37.6. The van der Waals surface area contributed by atoms with Gasteiger partial charge in [0.1, 0.15) is 60.4 Å². The number of rotatable bonds is 26. The summed E-state index contributed by atoms with van der Waals surface area (Å²) >= 11 is 0. The summed E-state index contributed by atoms with van der Waals surface area (Å²) < 4.78 is 0. The summed E-state index contributed by atoms with van der Waals surface area (Å²) in [7, 11) is 1.88. The van der Waals surface area contributed by atoms with E-state index in [9.17, 15) is 57.8 Å². The number of nitrogens with zero attached hydrogens (tertiary/aromatic N) is 3. The molecule has 91 heavy (non-hydrogen) atoms. The summed E-state index contributed by atoms with van der Waals surface area (Å²) in [6.07, 6.45) is 0.916. The van der Waals surface area contributed by atoms with Crippen molar-refractivity contribution in [3.05, 3.63) is 0 Å². The predicted octanol–water partition coefficient (Wildman–Crippen LogP) is -3.09. The second-order valence-electron chi connectivity index (χ2n) is 24.2. The number of carbonyl (C=O) groups is 11. The highest BCUT2D eigenvalue weighted by molar-refractivity contribution is 8.76. The van der Waals surface area contributed by atoms with Crippen molar-refractivity contribution in [3.8, 4) is 0 Å². The summed E-state index contributed by atoms with van der Waals surface area (Å²) in [5, 5.41) is 37.2. The molecule has 1 heterocycles. The molecular weight excluding hydrogens is 1220 g/mol. The largest absolute Gasteiger partial charge is 0.480 e. The number of carbonyl (C=O) groups excluding carboxylic acids is 10. The van der Waals surface area contributed by atoms with E-state index in [4.69, 9.17) is 40.1 Å². The first kappa shape index (κ1) is 81.7. The van der Waals surface area contributed by atoms with Gasteiger partial charge in [-0.15, -0.1) is 0 Å². The van der Waals surface area contributed by atoms with Crippen LogP contribution in [0, 0.1) is 35.5 Å². The molecule has 5 unspecified atom stereocenters. The molecule has 0 spiro atoms. The Morgan fingerprint density at radius 1 is 0.516 bits per heavy atom. The predicted molar refractivity (Wildman–Crippen MR) is 352 cm³/mol. The molecule has 1 rings (SSSR count). The van der Waals surface area contributed by atoms with Crippen molar-refractivity contribution in [3.63, 3.8) is 0 Å². The molecule has 34 heteroatoms. The van der Waals surface area contributed by atoms with Crippen LogP contribution >= 0.6 is 21.6 Å². The van der Waals surface area contributed by atoms with Gasteiger partial charge in [-0.2, -0.15) is 0 Å². The van der Waals surface area contributed by atoms with Gasteiger partial charge in [-0.25, -0.2) is 4.79 Å². The lowest BCUT2D eigenvalue weighted by molar-refractivity contribution is -0.142. The first-order valence-electron chi connectivity index (χ1n) is 31.0. The van der Waals surface area contributed by atoms with Crippen molar-refractivity contribution in [2.24, 2.45) is 90.6 Å². The lowest BCUT2D eigenvalue weighted by atomic mass is 9.94. The van der Waals surface area contributed by atoms with E-state index in [-0.39, 0.29) is 99.9 Å². The Morgan fingerprint density at radius 2 is 0.879 bits per heavy atom. The highest BCUT2D eigenvalue weighted by Gasteiger charge is 2.39. The van der Waals surface area contributed by atoms with Crippen LogP contribution in [0.5, 0.6) is 0 Å². The Morgan fingerprint density at radius 3 is 1.29 bits per heavy atom. The summed E-state index contributed by atoms with van der Waals surface area (Å²) in [5.74, 6) is -14.1. The fourth-order valence-corrected chi connectivity index (χ4v) is 11.4. The second-order valence-corrected chi connectivity index (χ2v) is 26.8. The van der Waals surface area contributed by atoms with Gasteiger partial charge in [-0.05, 0) is 80.5 Å². The lowest BCUT2D eigenvalue weighted by Gasteiger charge is -2.32. The standard InChI is InChI=1S/C57H106N20O12S2/c1-13-31(11)42-52(86)69-35(19-16-22-66-56(61)62)45(79)73-39(28(5)6)49(83)72-38(48(82)70-36(54(88)89)20-17-23-67-57(63)64)26-91-90-25-37(71-44(78)33(58)24-27(3)4)47(81)68-34(18-15-21-65-55(59)60)46(80)76-43(32(12)14-2)53(87)75-40(29(7)8)50(84)74-41(30(9)10)51(85)77-42/h27-43H,13-26,58H2,1-12H3,(H,68,81)(H,69,86)(H,70,82)(H,71,78)(H,72,83)(H,73,79)(H,74,84)(H,75,87)(H,76,80)(H,77,85)(H,88,89)(H4,59,60,65)(H4,61,62,66)(H4,63,64,67)/t31-,32-,33-,34?,35-,36-,37-,38?,39?,40?,41-,42?,43-/m0/s1. The van der Waals surface area contributed by atoms with Crippen molar-refractivity contribution in [1.29, 1.82) is 0 Å². The van der Waals surface area contributed by atoms with Crippen LogP contribution in [0.15, 0.2) is 15.0 Å². The molecule has 518 valence electrons. The van der Waals surface area contributed by atoms with Crippen molar-refractivity contribution in [1.82, 2.24) is 53.2 Å². The maximum absolute atomic E-state index is 14.6. The van der Waals surface area contributed by atoms with Gasteiger partial charge >= 0.3 is 5.97 Å². The van der Waals surface area contributed by atoms with Gasteiger partial charge in [-0.1, -0.05) is 118 Å². The number of carboxylic acid groups (broad SMARTS) is 1. The minimum Gasteiger partial charge on any atom is -0.480 e. The first-order valence-corrected chi connectivity index (χ1v) is 33.5. The van der Waals surface area contributed by atoms with Crippen LogP contribution in [0.2, 0.25) is 0 Å². The molecule has 1 aliphatic heterocycles. The van der Waals surface area contributed by atoms with Crippen LogP contribution in [-0.2, 0) is 52.7 Å². The smallest absolute Gasteiger partial charge is 0.326 e. The third-order valence-corrected chi connectivity index (χ3v) is 17.3. The van der Waals surface area contributed by atoms with Gasteiger partial charge < -0.3 is 98.4 Å². The molecule has 0 bridgehead atoms. The van der Waals surface area contributed by atoms with Gasteiger partial charge in [-0.3, -0.25) is 62.9 Å². The van der Waals surface area contributed by atoms with E-state index in [0.29, 0.717) is 12.8 Å². The molecule has 0 radical (unpaired) electrons. The molecule has 0 aromatic heterocycles. The molecule has 25 N–H and O–H groups in total. The fraction of sp³-hybridized carbons (Fsp3) is 0.754. The molecule has 10 amide bonds.